The van der Waals surface area contributed by atoms with E-state index in [4.69, 9.17) is 0 Å². The van der Waals surface area contributed by atoms with Crippen LogP contribution in [0.3, 0.4) is 0 Å². The van der Waals surface area contributed by atoms with E-state index in [0.717, 1.165) is 16.7 Å². The van der Waals surface area contributed by atoms with Gasteiger partial charge < -0.3 is 5.32 Å². The average Bonchev–Trinajstić information content (AvgIpc) is 2.70. The first kappa shape index (κ1) is 18.6. The molecule has 0 aromatic heterocycles. The first-order valence-electron chi connectivity index (χ1n) is 9.10. The molecular weight excluding hydrogens is 334 g/mol. The highest BCUT2D eigenvalue weighted by Gasteiger charge is 2.22. The van der Waals surface area contributed by atoms with Crippen LogP contribution in [-0.2, 0) is 17.6 Å². The molecule has 0 aliphatic heterocycles. The number of carbonyl (C=O) groups is 2. The van der Waals surface area contributed by atoms with E-state index >= 15 is 0 Å². The van der Waals surface area contributed by atoms with Crippen LogP contribution in [0.5, 0.6) is 0 Å². The minimum absolute atomic E-state index is 0.0115. The van der Waals surface area contributed by atoms with Crippen molar-refractivity contribution < 1.29 is 9.59 Å². The van der Waals surface area contributed by atoms with Crippen molar-refractivity contribution in [1.29, 1.82) is 0 Å². The molecule has 1 N–H and O–H groups in total. The maximum Gasteiger partial charge on any atom is 0.251 e. The van der Waals surface area contributed by atoms with Gasteiger partial charge in [-0.3, -0.25) is 9.59 Å². The Morgan fingerprint density at radius 3 is 2.07 bits per heavy atom. The van der Waals surface area contributed by atoms with Gasteiger partial charge in [-0.25, -0.2) is 0 Å². The topological polar surface area (TPSA) is 46.2 Å². The van der Waals surface area contributed by atoms with Gasteiger partial charge in [-0.1, -0.05) is 72.8 Å². The second-order valence-corrected chi connectivity index (χ2v) is 6.65. The van der Waals surface area contributed by atoms with E-state index in [-0.39, 0.29) is 11.7 Å². The standard InChI is InChI=1S/C24H23NO2/c1-18-10-8-9-15-21(18)17-23(26)22(16-19-11-4-2-5-12-19)25-24(27)20-13-6-3-7-14-20/h2-15,22H,16-17H2,1H3,(H,25,27)/t22-/m1/s1. The molecule has 3 aromatic carbocycles. The molecule has 0 aliphatic carbocycles. The highest BCUT2D eigenvalue weighted by molar-refractivity contribution is 5.98. The molecule has 0 unspecified atom stereocenters. The zero-order chi connectivity index (χ0) is 19.1. The number of aryl methyl sites for hydroxylation is 1. The van der Waals surface area contributed by atoms with Crippen LogP contribution in [0.4, 0.5) is 0 Å². The van der Waals surface area contributed by atoms with Crippen molar-refractivity contribution in [2.75, 3.05) is 0 Å². The fourth-order valence-electron chi connectivity index (χ4n) is 3.05. The Hall–Kier alpha value is -3.20. The summed E-state index contributed by atoms with van der Waals surface area (Å²) in [6.45, 7) is 2.00. The molecule has 0 aliphatic rings. The van der Waals surface area contributed by atoms with Gasteiger partial charge >= 0.3 is 0 Å². The van der Waals surface area contributed by atoms with Gasteiger partial charge in [0, 0.05) is 12.0 Å². The summed E-state index contributed by atoms with van der Waals surface area (Å²) in [4.78, 5) is 25.6. The van der Waals surface area contributed by atoms with Crippen LogP contribution in [0, 0.1) is 6.92 Å². The lowest BCUT2D eigenvalue weighted by Gasteiger charge is -2.19. The highest BCUT2D eigenvalue weighted by Crippen LogP contribution is 2.12. The van der Waals surface area contributed by atoms with Crippen LogP contribution >= 0.6 is 0 Å². The number of amides is 1. The smallest absolute Gasteiger partial charge is 0.251 e. The largest absolute Gasteiger partial charge is 0.342 e. The van der Waals surface area contributed by atoms with Crippen molar-refractivity contribution in [3.8, 4) is 0 Å². The third-order valence-electron chi connectivity index (χ3n) is 4.64. The minimum Gasteiger partial charge on any atom is -0.342 e. The molecule has 0 saturated heterocycles. The number of hydrogen-bond acceptors (Lipinski definition) is 2. The van der Waals surface area contributed by atoms with Gasteiger partial charge in [0.25, 0.3) is 5.91 Å². The first-order chi connectivity index (χ1) is 13.1. The predicted octanol–water partition coefficient (Wildman–Crippen LogP) is 4.15. The third-order valence-corrected chi connectivity index (χ3v) is 4.64. The van der Waals surface area contributed by atoms with Gasteiger partial charge in [0.2, 0.25) is 0 Å². The van der Waals surface area contributed by atoms with Crippen LogP contribution < -0.4 is 5.32 Å². The van der Waals surface area contributed by atoms with Crippen LogP contribution in [0.2, 0.25) is 0 Å². The zero-order valence-electron chi connectivity index (χ0n) is 15.4. The Kier molecular flexibility index (Phi) is 6.16. The summed E-state index contributed by atoms with van der Waals surface area (Å²) in [6, 6.07) is 26.1. The molecule has 0 radical (unpaired) electrons. The molecule has 0 spiro atoms. The molecular formula is C24H23NO2. The molecule has 0 fully saturated rings. The summed E-state index contributed by atoms with van der Waals surface area (Å²) in [5.41, 5.74) is 3.65. The number of carbonyl (C=O) groups excluding carboxylic acids is 2. The SMILES string of the molecule is Cc1ccccc1CC(=O)[C@@H](Cc1ccccc1)NC(=O)c1ccccc1. The second-order valence-electron chi connectivity index (χ2n) is 6.65. The monoisotopic (exact) mass is 357 g/mol. The lowest BCUT2D eigenvalue weighted by molar-refractivity contribution is -0.120. The molecule has 1 amide bonds. The summed E-state index contributed by atoms with van der Waals surface area (Å²) in [6.07, 6.45) is 0.781. The van der Waals surface area contributed by atoms with E-state index < -0.39 is 6.04 Å². The zero-order valence-corrected chi connectivity index (χ0v) is 15.4. The van der Waals surface area contributed by atoms with E-state index in [1.807, 2.05) is 79.7 Å². The van der Waals surface area contributed by atoms with Gasteiger partial charge in [0.1, 0.15) is 0 Å². The number of Topliss-reactive ketones (excluding diaryl/α,β-unsaturated/α-hetero) is 1. The minimum atomic E-state index is -0.570. The molecule has 3 rings (SSSR count). The second kappa shape index (κ2) is 8.95. The molecule has 0 heterocycles. The van der Waals surface area contributed by atoms with Gasteiger partial charge in [-0.2, -0.15) is 0 Å². The Morgan fingerprint density at radius 1 is 0.815 bits per heavy atom. The lowest BCUT2D eigenvalue weighted by atomic mass is 9.95. The molecule has 0 saturated carbocycles. The summed E-state index contributed by atoms with van der Waals surface area (Å²) in [5.74, 6) is -0.216. The maximum absolute atomic E-state index is 13.0. The van der Waals surface area contributed by atoms with E-state index in [2.05, 4.69) is 5.32 Å². The Bertz CT molecular complexity index is 904. The maximum atomic E-state index is 13.0. The fraction of sp³-hybridized carbons (Fsp3) is 0.167. The third kappa shape index (κ3) is 5.14. The summed E-state index contributed by atoms with van der Waals surface area (Å²) < 4.78 is 0. The van der Waals surface area contributed by atoms with Crippen LogP contribution in [0.25, 0.3) is 0 Å². The van der Waals surface area contributed by atoms with Crippen molar-refractivity contribution in [2.24, 2.45) is 0 Å². The van der Waals surface area contributed by atoms with Crippen LogP contribution in [0.15, 0.2) is 84.9 Å². The summed E-state index contributed by atoms with van der Waals surface area (Å²) in [5, 5.41) is 2.93. The Morgan fingerprint density at radius 2 is 1.41 bits per heavy atom. The number of rotatable bonds is 7. The van der Waals surface area contributed by atoms with Gasteiger partial charge in [-0.15, -0.1) is 0 Å². The predicted molar refractivity (Wildman–Crippen MR) is 108 cm³/mol. The van der Waals surface area contributed by atoms with Crippen LogP contribution in [-0.4, -0.2) is 17.7 Å². The Balaban J connectivity index is 1.79. The average molecular weight is 357 g/mol. The lowest BCUT2D eigenvalue weighted by Crippen LogP contribution is -2.43. The van der Waals surface area contributed by atoms with E-state index in [1.54, 1.807) is 12.1 Å². The molecule has 0 bridgehead atoms. The van der Waals surface area contributed by atoms with E-state index in [0.29, 0.717) is 18.4 Å². The quantitative estimate of drug-likeness (QED) is 0.690. The van der Waals surface area contributed by atoms with Gasteiger partial charge in [0.15, 0.2) is 5.78 Å². The molecule has 3 heteroatoms. The number of ketones is 1. The van der Waals surface area contributed by atoms with Gasteiger partial charge in [0.05, 0.1) is 6.04 Å². The highest BCUT2D eigenvalue weighted by atomic mass is 16.2. The van der Waals surface area contributed by atoms with Crippen molar-refractivity contribution in [3.63, 3.8) is 0 Å². The van der Waals surface area contributed by atoms with Crippen molar-refractivity contribution in [1.82, 2.24) is 5.32 Å². The molecule has 27 heavy (non-hydrogen) atoms. The normalized spacial score (nSPS) is 11.6. The summed E-state index contributed by atoms with van der Waals surface area (Å²) >= 11 is 0. The van der Waals surface area contributed by atoms with E-state index in [9.17, 15) is 9.59 Å². The van der Waals surface area contributed by atoms with E-state index in [1.165, 1.54) is 0 Å². The Labute approximate surface area is 160 Å². The van der Waals surface area contributed by atoms with Gasteiger partial charge in [-0.05, 0) is 42.2 Å². The number of benzene rings is 3. The molecule has 136 valence electrons. The number of hydrogen-bond donors (Lipinski definition) is 1. The first-order valence-corrected chi connectivity index (χ1v) is 9.10. The van der Waals surface area contributed by atoms with Crippen molar-refractivity contribution in [3.05, 3.63) is 107 Å². The van der Waals surface area contributed by atoms with Crippen molar-refractivity contribution in [2.45, 2.75) is 25.8 Å². The summed E-state index contributed by atoms with van der Waals surface area (Å²) in [7, 11) is 0. The van der Waals surface area contributed by atoms with Crippen LogP contribution in [0.1, 0.15) is 27.0 Å². The number of nitrogens with one attached hydrogen (secondary N) is 1. The fourth-order valence-corrected chi connectivity index (χ4v) is 3.05. The van der Waals surface area contributed by atoms with Crippen molar-refractivity contribution >= 4 is 11.7 Å². The molecule has 3 nitrogen and oxygen atoms in total. The molecule has 1 atom stereocenters. The molecule has 3 aromatic rings.